The van der Waals surface area contributed by atoms with Crippen LogP contribution >= 0.6 is 0 Å². The Kier molecular flexibility index (Phi) is 8.13. The second-order valence-electron chi connectivity index (χ2n) is 6.50. The summed E-state index contributed by atoms with van der Waals surface area (Å²) in [6, 6.07) is 7.57. The summed E-state index contributed by atoms with van der Waals surface area (Å²) < 4.78 is 12.5. The van der Waals surface area contributed by atoms with E-state index in [-0.39, 0.29) is 18.4 Å². The molecule has 0 fully saturated rings. The highest BCUT2D eigenvalue weighted by molar-refractivity contribution is 5.84. The van der Waals surface area contributed by atoms with Crippen molar-refractivity contribution in [3.05, 3.63) is 48.2 Å². The van der Waals surface area contributed by atoms with Gasteiger partial charge in [-0.25, -0.2) is 0 Å². The summed E-state index contributed by atoms with van der Waals surface area (Å²) in [4.78, 5) is 28.7. The molecule has 0 saturated carbocycles. The van der Waals surface area contributed by atoms with E-state index in [0.29, 0.717) is 38.4 Å². The Morgan fingerprint density at radius 2 is 1.96 bits per heavy atom. The normalized spacial score (nSPS) is 10.8. The lowest BCUT2D eigenvalue weighted by molar-refractivity contribution is -0.142. The molecule has 0 aromatic carbocycles. The first-order chi connectivity index (χ1) is 13.0. The average Bonchev–Trinajstić information content (AvgIpc) is 3.30. The number of aryl methyl sites for hydroxylation is 1. The molecule has 2 aromatic heterocycles. The van der Waals surface area contributed by atoms with Crippen LogP contribution in [-0.2, 0) is 34.5 Å². The summed E-state index contributed by atoms with van der Waals surface area (Å²) in [5.74, 6) is 0.564. The highest BCUT2D eigenvalue weighted by atomic mass is 16.5. The highest BCUT2D eigenvalue weighted by Gasteiger charge is 2.22. The van der Waals surface area contributed by atoms with E-state index in [0.717, 1.165) is 12.1 Å². The molecule has 0 aliphatic heterocycles. The molecular formula is C20H29N3O4. The van der Waals surface area contributed by atoms with Crippen molar-refractivity contribution < 1.29 is 18.7 Å². The third-order valence-corrected chi connectivity index (χ3v) is 4.39. The number of hydrogen-bond donors (Lipinski definition) is 0. The number of ether oxygens (including phenoxy) is 1. The van der Waals surface area contributed by atoms with Gasteiger partial charge in [-0.2, -0.15) is 0 Å². The zero-order valence-electron chi connectivity index (χ0n) is 16.4. The van der Waals surface area contributed by atoms with Gasteiger partial charge in [0.2, 0.25) is 11.8 Å². The van der Waals surface area contributed by atoms with Gasteiger partial charge in [-0.05, 0) is 30.7 Å². The third kappa shape index (κ3) is 6.29. The number of nitrogens with zero attached hydrogens (tertiary/aromatic N) is 3. The monoisotopic (exact) mass is 375 g/mol. The zero-order chi connectivity index (χ0) is 19.6. The van der Waals surface area contributed by atoms with Crippen molar-refractivity contribution in [2.24, 2.45) is 7.05 Å². The van der Waals surface area contributed by atoms with E-state index >= 15 is 0 Å². The molecule has 0 spiro atoms. The van der Waals surface area contributed by atoms with Gasteiger partial charge in [0.25, 0.3) is 0 Å². The molecule has 2 rings (SSSR count). The van der Waals surface area contributed by atoms with Gasteiger partial charge >= 0.3 is 0 Å². The van der Waals surface area contributed by atoms with Crippen LogP contribution in [0, 0.1) is 0 Å². The molecule has 148 valence electrons. The fourth-order valence-electron chi connectivity index (χ4n) is 2.81. The molecular weight excluding hydrogens is 346 g/mol. The van der Waals surface area contributed by atoms with Crippen LogP contribution in [0.4, 0.5) is 0 Å². The van der Waals surface area contributed by atoms with Gasteiger partial charge in [0, 0.05) is 39.0 Å². The van der Waals surface area contributed by atoms with Crippen LogP contribution in [0.2, 0.25) is 0 Å². The predicted molar refractivity (Wildman–Crippen MR) is 102 cm³/mol. The van der Waals surface area contributed by atoms with Crippen molar-refractivity contribution in [3.8, 4) is 0 Å². The number of carbonyl (C=O) groups is 2. The Hall–Kier alpha value is -2.54. The van der Waals surface area contributed by atoms with E-state index in [4.69, 9.17) is 9.15 Å². The maximum Gasteiger partial charge on any atom is 0.242 e. The molecule has 2 aromatic rings. The van der Waals surface area contributed by atoms with Gasteiger partial charge in [-0.3, -0.25) is 9.59 Å². The fraction of sp³-hybridized carbons (Fsp3) is 0.500. The van der Waals surface area contributed by atoms with E-state index in [2.05, 4.69) is 0 Å². The van der Waals surface area contributed by atoms with Crippen LogP contribution in [0.15, 0.2) is 41.1 Å². The quantitative estimate of drug-likeness (QED) is 0.605. The molecule has 0 saturated heterocycles. The van der Waals surface area contributed by atoms with Crippen molar-refractivity contribution in [2.75, 3.05) is 26.8 Å². The van der Waals surface area contributed by atoms with Crippen molar-refractivity contribution >= 4 is 11.8 Å². The molecule has 7 nitrogen and oxygen atoms in total. The predicted octanol–water partition coefficient (Wildman–Crippen LogP) is 2.42. The van der Waals surface area contributed by atoms with Crippen molar-refractivity contribution in [2.45, 2.75) is 32.9 Å². The first-order valence-electron chi connectivity index (χ1n) is 9.22. The minimum absolute atomic E-state index is 0.0280. The molecule has 2 heterocycles. The summed E-state index contributed by atoms with van der Waals surface area (Å²) in [7, 11) is 3.53. The van der Waals surface area contributed by atoms with Crippen molar-refractivity contribution in [1.29, 1.82) is 0 Å². The van der Waals surface area contributed by atoms with Gasteiger partial charge in [0.15, 0.2) is 0 Å². The Bertz CT molecular complexity index is 709. The summed E-state index contributed by atoms with van der Waals surface area (Å²) >= 11 is 0. The molecule has 27 heavy (non-hydrogen) atoms. The number of carbonyl (C=O) groups excluding carboxylic acids is 2. The van der Waals surface area contributed by atoms with Gasteiger partial charge in [0.05, 0.1) is 32.5 Å². The molecule has 0 aliphatic rings. The molecule has 0 aliphatic carbocycles. The maximum absolute atomic E-state index is 13.0. The lowest BCUT2D eigenvalue weighted by Gasteiger charge is -2.27. The molecule has 2 amide bonds. The number of hydrogen-bond acceptors (Lipinski definition) is 4. The van der Waals surface area contributed by atoms with E-state index < -0.39 is 0 Å². The number of furan rings is 1. The lowest BCUT2D eigenvalue weighted by Crippen LogP contribution is -2.43. The molecule has 0 atom stereocenters. The molecule has 0 bridgehead atoms. The van der Waals surface area contributed by atoms with Crippen LogP contribution in [-0.4, -0.2) is 53.0 Å². The van der Waals surface area contributed by atoms with Gasteiger partial charge in [-0.1, -0.05) is 6.92 Å². The van der Waals surface area contributed by atoms with E-state index in [1.54, 1.807) is 29.2 Å². The minimum Gasteiger partial charge on any atom is -0.467 e. The standard InChI is InChI=1S/C20H29N3O4/c1-4-7-19(24)22(11-13-26-3)16-20(25)23(15-18-9-6-12-27-18)14-17-8-5-10-21(17)2/h5-6,8-10,12H,4,7,11,13-16H2,1-3H3. The first kappa shape index (κ1) is 20.8. The second-order valence-corrected chi connectivity index (χ2v) is 6.50. The van der Waals surface area contributed by atoms with Crippen molar-refractivity contribution in [3.63, 3.8) is 0 Å². The topological polar surface area (TPSA) is 67.9 Å². The van der Waals surface area contributed by atoms with Crippen LogP contribution in [0.25, 0.3) is 0 Å². The van der Waals surface area contributed by atoms with Crippen LogP contribution in [0.3, 0.4) is 0 Å². The van der Waals surface area contributed by atoms with E-state index in [1.165, 1.54) is 0 Å². The largest absolute Gasteiger partial charge is 0.467 e. The second kappa shape index (κ2) is 10.6. The first-order valence-corrected chi connectivity index (χ1v) is 9.22. The van der Waals surface area contributed by atoms with E-state index in [9.17, 15) is 9.59 Å². The summed E-state index contributed by atoms with van der Waals surface area (Å²) in [5.41, 5.74) is 1.01. The Labute approximate surface area is 160 Å². The summed E-state index contributed by atoms with van der Waals surface area (Å²) in [6.45, 7) is 3.60. The van der Waals surface area contributed by atoms with Crippen LogP contribution < -0.4 is 0 Å². The zero-order valence-corrected chi connectivity index (χ0v) is 16.4. The number of amides is 2. The van der Waals surface area contributed by atoms with Gasteiger partial charge < -0.3 is 23.5 Å². The van der Waals surface area contributed by atoms with Crippen molar-refractivity contribution in [1.82, 2.24) is 14.4 Å². The van der Waals surface area contributed by atoms with Crippen LogP contribution in [0.1, 0.15) is 31.2 Å². The number of rotatable bonds is 11. The fourth-order valence-corrected chi connectivity index (χ4v) is 2.81. The van der Waals surface area contributed by atoms with Gasteiger partial charge in [-0.15, -0.1) is 0 Å². The van der Waals surface area contributed by atoms with Gasteiger partial charge in [0.1, 0.15) is 5.76 Å². The molecule has 0 unspecified atom stereocenters. The Balaban J connectivity index is 2.12. The van der Waals surface area contributed by atoms with E-state index in [1.807, 2.05) is 42.9 Å². The Morgan fingerprint density at radius 3 is 2.56 bits per heavy atom. The molecule has 7 heteroatoms. The maximum atomic E-state index is 13.0. The highest BCUT2D eigenvalue weighted by Crippen LogP contribution is 2.12. The Morgan fingerprint density at radius 1 is 1.15 bits per heavy atom. The summed E-state index contributed by atoms with van der Waals surface area (Å²) in [5, 5.41) is 0. The smallest absolute Gasteiger partial charge is 0.242 e. The minimum atomic E-state index is -0.117. The lowest BCUT2D eigenvalue weighted by atomic mass is 10.2. The number of methoxy groups -OCH3 is 1. The summed E-state index contributed by atoms with van der Waals surface area (Å²) in [6.07, 6.45) is 4.71. The molecule has 0 radical (unpaired) electrons. The molecule has 0 N–H and O–H groups in total. The number of aromatic nitrogens is 1. The van der Waals surface area contributed by atoms with Crippen LogP contribution in [0.5, 0.6) is 0 Å². The average molecular weight is 375 g/mol. The SMILES string of the molecule is CCCC(=O)N(CCOC)CC(=O)N(Cc1ccco1)Cc1cccn1C. The third-order valence-electron chi connectivity index (χ3n) is 4.39.